The first kappa shape index (κ1) is 20.3. The zero-order valence-electron chi connectivity index (χ0n) is 14.9. The van der Waals surface area contributed by atoms with Crippen LogP contribution in [0, 0.1) is 0 Å². The predicted molar refractivity (Wildman–Crippen MR) is 101 cm³/mol. The molecule has 1 aliphatic heterocycles. The molecule has 4 amide bonds. The number of carbonyl (C=O) groups is 3. The van der Waals surface area contributed by atoms with Crippen LogP contribution in [0.2, 0.25) is 10.0 Å². The highest BCUT2D eigenvalue weighted by molar-refractivity contribution is 6.35. The summed E-state index contributed by atoms with van der Waals surface area (Å²) in [7, 11) is 0. The highest BCUT2D eigenvalue weighted by atomic mass is 35.5. The number of carbonyl (C=O) groups excluding carboxylic acids is 3. The van der Waals surface area contributed by atoms with Crippen molar-refractivity contribution in [3.8, 4) is 0 Å². The van der Waals surface area contributed by atoms with Crippen LogP contribution in [0.15, 0.2) is 30.4 Å². The zero-order valence-corrected chi connectivity index (χ0v) is 16.4. The molecule has 1 aromatic carbocycles. The maximum Gasteiger partial charge on any atom is 0.325 e. The molecule has 0 saturated carbocycles. The van der Waals surface area contributed by atoms with Crippen molar-refractivity contribution in [2.45, 2.75) is 26.3 Å². The third-order valence-electron chi connectivity index (χ3n) is 4.23. The van der Waals surface area contributed by atoms with Crippen LogP contribution >= 0.6 is 23.2 Å². The molecule has 1 N–H and O–H groups in total. The third-order valence-corrected chi connectivity index (χ3v) is 4.78. The lowest BCUT2D eigenvalue weighted by Crippen LogP contribution is -2.45. The maximum atomic E-state index is 12.9. The van der Waals surface area contributed by atoms with Gasteiger partial charge < -0.3 is 10.2 Å². The second-order valence-electron chi connectivity index (χ2n) is 6.44. The van der Waals surface area contributed by atoms with Crippen molar-refractivity contribution >= 4 is 41.0 Å². The van der Waals surface area contributed by atoms with Gasteiger partial charge in [0.2, 0.25) is 5.91 Å². The summed E-state index contributed by atoms with van der Waals surface area (Å²) in [6.45, 7) is 9.46. The molecule has 6 nitrogen and oxygen atoms in total. The van der Waals surface area contributed by atoms with E-state index in [2.05, 4.69) is 11.9 Å². The van der Waals surface area contributed by atoms with Gasteiger partial charge >= 0.3 is 6.03 Å². The molecule has 0 spiro atoms. The molecule has 1 fully saturated rings. The number of likely N-dealkylation sites (N-methyl/N-ethyl adjacent to an activating group) is 1. The molecule has 1 aromatic rings. The summed E-state index contributed by atoms with van der Waals surface area (Å²) in [5.74, 6) is -0.864. The van der Waals surface area contributed by atoms with Gasteiger partial charge in [0.15, 0.2) is 0 Å². The van der Waals surface area contributed by atoms with Crippen molar-refractivity contribution < 1.29 is 14.4 Å². The maximum absolute atomic E-state index is 12.9. The number of imide groups is 1. The number of benzene rings is 1. The Morgan fingerprint density at radius 1 is 1.35 bits per heavy atom. The Morgan fingerprint density at radius 2 is 2.00 bits per heavy atom. The van der Waals surface area contributed by atoms with Crippen LogP contribution < -0.4 is 5.32 Å². The fraction of sp³-hybridized carbons (Fsp3) is 0.389. The van der Waals surface area contributed by atoms with Gasteiger partial charge in [-0.15, -0.1) is 0 Å². The highest BCUT2D eigenvalue weighted by Gasteiger charge is 2.50. The van der Waals surface area contributed by atoms with Gasteiger partial charge in [0.05, 0.1) is 0 Å². The second kappa shape index (κ2) is 7.68. The number of hydrogen-bond donors (Lipinski definition) is 1. The van der Waals surface area contributed by atoms with Gasteiger partial charge in [-0.25, -0.2) is 4.79 Å². The fourth-order valence-corrected chi connectivity index (χ4v) is 3.45. The number of hydrogen-bond acceptors (Lipinski definition) is 3. The summed E-state index contributed by atoms with van der Waals surface area (Å²) < 4.78 is 0. The number of rotatable bonds is 6. The van der Waals surface area contributed by atoms with E-state index >= 15 is 0 Å². The average molecular weight is 398 g/mol. The molecule has 2 rings (SSSR count). The van der Waals surface area contributed by atoms with Gasteiger partial charge in [0.25, 0.3) is 5.91 Å². The van der Waals surface area contributed by atoms with E-state index in [1.54, 1.807) is 19.1 Å². The van der Waals surface area contributed by atoms with Crippen molar-refractivity contribution in [3.63, 3.8) is 0 Å². The molecular weight excluding hydrogens is 377 g/mol. The van der Waals surface area contributed by atoms with Gasteiger partial charge in [0.1, 0.15) is 12.1 Å². The Hall–Kier alpha value is -2.05. The van der Waals surface area contributed by atoms with Gasteiger partial charge in [-0.2, -0.15) is 0 Å². The lowest BCUT2D eigenvalue weighted by molar-refractivity contribution is -0.138. The molecule has 1 unspecified atom stereocenters. The summed E-state index contributed by atoms with van der Waals surface area (Å²) in [4.78, 5) is 40.2. The molecule has 0 aromatic heterocycles. The van der Waals surface area contributed by atoms with Gasteiger partial charge in [-0.05, 0) is 32.9 Å². The van der Waals surface area contributed by atoms with Crippen LogP contribution in [-0.2, 0) is 15.1 Å². The van der Waals surface area contributed by atoms with Crippen molar-refractivity contribution in [1.29, 1.82) is 0 Å². The lowest BCUT2D eigenvalue weighted by Gasteiger charge is -2.25. The zero-order chi connectivity index (χ0) is 19.6. The number of amides is 4. The van der Waals surface area contributed by atoms with Crippen molar-refractivity contribution in [1.82, 2.24) is 15.1 Å². The van der Waals surface area contributed by atoms with Gasteiger partial charge in [0, 0.05) is 28.7 Å². The quantitative estimate of drug-likeness (QED) is 0.591. The van der Waals surface area contributed by atoms with Crippen LogP contribution in [0.3, 0.4) is 0 Å². The SMILES string of the molecule is C=C(C)CN(CC)C(=O)CN1C(=O)NC(C)(c2ccc(Cl)cc2Cl)C1=O. The number of nitrogens with zero attached hydrogens (tertiary/aromatic N) is 2. The minimum atomic E-state index is -1.36. The van der Waals surface area contributed by atoms with E-state index in [1.807, 2.05) is 13.8 Å². The number of halogens is 2. The topological polar surface area (TPSA) is 69.7 Å². The fourth-order valence-electron chi connectivity index (χ4n) is 2.86. The van der Waals surface area contributed by atoms with E-state index in [0.29, 0.717) is 23.7 Å². The molecule has 0 aliphatic carbocycles. The smallest absolute Gasteiger partial charge is 0.325 e. The first-order valence-corrected chi connectivity index (χ1v) is 8.87. The summed E-state index contributed by atoms with van der Waals surface area (Å²) in [5.41, 5.74) is -0.119. The van der Waals surface area contributed by atoms with Crippen molar-refractivity contribution in [2.75, 3.05) is 19.6 Å². The molecule has 26 heavy (non-hydrogen) atoms. The first-order valence-electron chi connectivity index (χ1n) is 8.12. The number of nitrogens with one attached hydrogen (secondary N) is 1. The van der Waals surface area contributed by atoms with Gasteiger partial charge in [-0.1, -0.05) is 41.4 Å². The Labute approximate surface area is 162 Å². The number of urea groups is 1. The van der Waals surface area contributed by atoms with Gasteiger partial charge in [-0.3, -0.25) is 14.5 Å². The minimum Gasteiger partial charge on any atom is -0.337 e. The molecular formula is C18H21Cl2N3O3. The minimum absolute atomic E-state index is 0.263. The molecule has 0 bridgehead atoms. The van der Waals surface area contributed by atoms with Crippen LogP contribution in [-0.4, -0.2) is 47.3 Å². The van der Waals surface area contributed by atoms with E-state index < -0.39 is 17.5 Å². The average Bonchev–Trinajstić information content (AvgIpc) is 2.76. The normalized spacial score (nSPS) is 19.5. The summed E-state index contributed by atoms with van der Waals surface area (Å²) >= 11 is 12.1. The Bertz CT molecular complexity index is 781. The van der Waals surface area contributed by atoms with Crippen LogP contribution in [0.25, 0.3) is 0 Å². The lowest BCUT2D eigenvalue weighted by atomic mass is 9.92. The summed E-state index contributed by atoms with van der Waals surface area (Å²) in [5, 5.41) is 3.32. The van der Waals surface area contributed by atoms with Crippen LogP contribution in [0.1, 0.15) is 26.3 Å². The monoisotopic (exact) mass is 397 g/mol. The van der Waals surface area contributed by atoms with Crippen LogP contribution in [0.4, 0.5) is 4.79 Å². The Balaban J connectivity index is 2.25. The van der Waals surface area contributed by atoms with E-state index in [4.69, 9.17) is 23.2 Å². The molecule has 1 aliphatic rings. The predicted octanol–water partition coefficient (Wildman–Crippen LogP) is 3.19. The van der Waals surface area contributed by atoms with Crippen LogP contribution in [0.5, 0.6) is 0 Å². The van der Waals surface area contributed by atoms with Crippen molar-refractivity contribution in [3.05, 3.63) is 46.0 Å². The van der Waals surface area contributed by atoms with E-state index in [9.17, 15) is 14.4 Å². The highest BCUT2D eigenvalue weighted by Crippen LogP contribution is 2.34. The first-order chi connectivity index (χ1) is 12.1. The largest absolute Gasteiger partial charge is 0.337 e. The molecule has 140 valence electrons. The molecule has 1 heterocycles. The second-order valence-corrected chi connectivity index (χ2v) is 7.28. The molecule has 1 atom stereocenters. The van der Waals surface area contributed by atoms with E-state index in [0.717, 1.165) is 10.5 Å². The Kier molecular flexibility index (Phi) is 5.98. The van der Waals surface area contributed by atoms with E-state index in [-0.39, 0.29) is 17.5 Å². The Morgan fingerprint density at radius 3 is 2.54 bits per heavy atom. The molecule has 8 heteroatoms. The summed E-state index contributed by atoms with van der Waals surface area (Å²) in [6, 6.07) is 4.05. The molecule has 0 radical (unpaired) electrons. The van der Waals surface area contributed by atoms with E-state index in [1.165, 1.54) is 11.0 Å². The van der Waals surface area contributed by atoms with Crippen molar-refractivity contribution in [2.24, 2.45) is 0 Å². The standard InChI is InChI=1S/C18H21Cl2N3O3/c1-5-22(9-11(2)3)15(24)10-23-16(25)18(4,21-17(23)26)13-7-6-12(19)8-14(13)20/h6-8H,2,5,9-10H2,1,3-4H3,(H,21,26). The summed E-state index contributed by atoms with van der Waals surface area (Å²) in [6.07, 6.45) is 0. The third kappa shape index (κ3) is 3.86. The molecule has 1 saturated heterocycles.